The molecule has 2 N–H and O–H groups in total. The van der Waals surface area contributed by atoms with Crippen LogP contribution in [0.15, 0.2) is 28.9 Å². The number of oxazole rings is 1. The Labute approximate surface area is 195 Å². The first-order valence-electron chi connectivity index (χ1n) is 11.5. The molecule has 0 fully saturated rings. The van der Waals surface area contributed by atoms with Crippen LogP contribution in [0.1, 0.15) is 54.2 Å². The zero-order chi connectivity index (χ0) is 24.1. The number of benzene rings is 1. The molecule has 33 heavy (non-hydrogen) atoms. The van der Waals surface area contributed by atoms with E-state index in [0.717, 1.165) is 23.2 Å². The van der Waals surface area contributed by atoms with E-state index in [9.17, 15) is 9.59 Å². The molecule has 2 aromatic rings. The van der Waals surface area contributed by atoms with Crippen LogP contribution in [0.4, 0.5) is 10.5 Å². The van der Waals surface area contributed by atoms with Crippen molar-refractivity contribution in [1.82, 2.24) is 15.2 Å². The van der Waals surface area contributed by atoms with Crippen LogP contribution in [0, 0.1) is 13.8 Å². The van der Waals surface area contributed by atoms with E-state index in [1.165, 1.54) is 6.26 Å². The van der Waals surface area contributed by atoms with Crippen LogP contribution in [0.5, 0.6) is 0 Å². The standard InChI is InChI=1S/C24H36N4O5/c1-5-31-13-7-11-25-23(29)21-17-33-22(27-21)16-28(12-8-14-32-6-2)24(30)26-20-10-9-18(3)19(4)15-20/h9-10,15,17H,5-8,11-14,16H2,1-4H3,(H,25,29)(H,26,30). The maximum Gasteiger partial charge on any atom is 0.322 e. The molecular weight excluding hydrogens is 424 g/mol. The van der Waals surface area contributed by atoms with Gasteiger partial charge in [0.05, 0.1) is 6.54 Å². The Morgan fingerprint density at radius 1 is 1.06 bits per heavy atom. The van der Waals surface area contributed by atoms with Crippen LogP contribution in [0.2, 0.25) is 0 Å². The number of aromatic nitrogens is 1. The van der Waals surface area contributed by atoms with Gasteiger partial charge in [-0.3, -0.25) is 4.79 Å². The molecule has 0 aliphatic carbocycles. The number of hydrogen-bond acceptors (Lipinski definition) is 6. The monoisotopic (exact) mass is 460 g/mol. The highest BCUT2D eigenvalue weighted by Gasteiger charge is 2.19. The lowest BCUT2D eigenvalue weighted by Crippen LogP contribution is -2.36. The van der Waals surface area contributed by atoms with Gasteiger partial charge in [-0.1, -0.05) is 6.07 Å². The van der Waals surface area contributed by atoms with Crippen molar-refractivity contribution in [2.45, 2.75) is 47.1 Å². The van der Waals surface area contributed by atoms with Crippen molar-refractivity contribution in [3.8, 4) is 0 Å². The third-order valence-electron chi connectivity index (χ3n) is 5.03. The highest BCUT2D eigenvalue weighted by Crippen LogP contribution is 2.16. The molecule has 0 unspecified atom stereocenters. The largest absolute Gasteiger partial charge is 0.446 e. The summed E-state index contributed by atoms with van der Waals surface area (Å²) < 4.78 is 16.1. The van der Waals surface area contributed by atoms with Gasteiger partial charge in [-0.15, -0.1) is 0 Å². The molecule has 0 saturated carbocycles. The van der Waals surface area contributed by atoms with Gasteiger partial charge < -0.3 is 29.4 Å². The van der Waals surface area contributed by atoms with E-state index in [4.69, 9.17) is 13.9 Å². The van der Waals surface area contributed by atoms with Gasteiger partial charge in [-0.2, -0.15) is 0 Å². The average molecular weight is 461 g/mol. The van der Waals surface area contributed by atoms with E-state index in [1.54, 1.807) is 4.90 Å². The molecule has 9 nitrogen and oxygen atoms in total. The van der Waals surface area contributed by atoms with Crippen molar-refractivity contribution >= 4 is 17.6 Å². The molecule has 3 amide bonds. The lowest BCUT2D eigenvalue weighted by atomic mass is 10.1. The Morgan fingerprint density at radius 3 is 2.48 bits per heavy atom. The summed E-state index contributed by atoms with van der Waals surface area (Å²) >= 11 is 0. The molecule has 0 saturated heterocycles. The number of aryl methyl sites for hydroxylation is 2. The summed E-state index contributed by atoms with van der Waals surface area (Å²) in [6, 6.07) is 5.51. The fourth-order valence-corrected chi connectivity index (χ4v) is 3.04. The van der Waals surface area contributed by atoms with Gasteiger partial charge >= 0.3 is 6.03 Å². The van der Waals surface area contributed by atoms with Crippen molar-refractivity contribution in [3.63, 3.8) is 0 Å². The fraction of sp³-hybridized carbons (Fsp3) is 0.542. The number of rotatable bonds is 14. The smallest absolute Gasteiger partial charge is 0.322 e. The van der Waals surface area contributed by atoms with Crippen molar-refractivity contribution < 1.29 is 23.5 Å². The van der Waals surface area contributed by atoms with Gasteiger partial charge in [0, 0.05) is 45.2 Å². The number of urea groups is 1. The van der Waals surface area contributed by atoms with Gasteiger partial charge in [0.25, 0.3) is 5.91 Å². The molecule has 1 aromatic carbocycles. The first-order chi connectivity index (χ1) is 15.9. The summed E-state index contributed by atoms with van der Waals surface area (Å²) in [6.45, 7) is 11.4. The Bertz CT molecular complexity index is 883. The molecule has 0 aliphatic rings. The topological polar surface area (TPSA) is 106 Å². The third-order valence-corrected chi connectivity index (χ3v) is 5.03. The van der Waals surface area contributed by atoms with Gasteiger partial charge in [-0.05, 0) is 63.8 Å². The summed E-state index contributed by atoms with van der Waals surface area (Å²) in [6.07, 6.45) is 2.70. The first-order valence-corrected chi connectivity index (χ1v) is 11.5. The van der Waals surface area contributed by atoms with E-state index < -0.39 is 0 Å². The highest BCUT2D eigenvalue weighted by molar-refractivity contribution is 5.92. The number of carbonyl (C=O) groups is 2. The molecule has 182 valence electrons. The summed E-state index contributed by atoms with van der Waals surface area (Å²) in [5, 5.41) is 5.72. The fourth-order valence-electron chi connectivity index (χ4n) is 3.04. The van der Waals surface area contributed by atoms with E-state index in [-0.39, 0.29) is 24.2 Å². The average Bonchev–Trinajstić information content (AvgIpc) is 3.27. The summed E-state index contributed by atoms with van der Waals surface area (Å²) in [5.74, 6) is -0.0231. The lowest BCUT2D eigenvalue weighted by molar-refractivity contribution is 0.0939. The second kappa shape index (κ2) is 14.3. The van der Waals surface area contributed by atoms with E-state index in [1.807, 2.05) is 45.9 Å². The predicted octanol–water partition coefficient (Wildman–Crippen LogP) is 3.91. The minimum atomic E-state index is -0.316. The quantitative estimate of drug-likeness (QED) is 0.414. The molecule has 0 aliphatic heterocycles. The minimum absolute atomic E-state index is 0.139. The Morgan fingerprint density at radius 2 is 1.79 bits per heavy atom. The molecule has 1 heterocycles. The number of ether oxygens (including phenoxy) is 2. The molecule has 1 aromatic heterocycles. The van der Waals surface area contributed by atoms with Crippen molar-refractivity contribution in [2.24, 2.45) is 0 Å². The van der Waals surface area contributed by atoms with Crippen LogP contribution in [0.25, 0.3) is 0 Å². The van der Waals surface area contributed by atoms with Crippen LogP contribution in [-0.2, 0) is 16.0 Å². The first kappa shape index (κ1) is 26.3. The summed E-state index contributed by atoms with van der Waals surface area (Å²) in [5.41, 5.74) is 3.16. The third kappa shape index (κ3) is 9.23. The van der Waals surface area contributed by atoms with Crippen LogP contribution in [0.3, 0.4) is 0 Å². The van der Waals surface area contributed by atoms with E-state index >= 15 is 0 Å². The number of hydrogen-bond donors (Lipinski definition) is 2. The molecule has 2 rings (SSSR count). The van der Waals surface area contributed by atoms with Crippen molar-refractivity contribution in [1.29, 1.82) is 0 Å². The second-order valence-corrected chi connectivity index (χ2v) is 7.63. The maximum atomic E-state index is 13.0. The van der Waals surface area contributed by atoms with Crippen molar-refractivity contribution in [2.75, 3.05) is 44.8 Å². The minimum Gasteiger partial charge on any atom is -0.446 e. The molecule has 9 heteroatoms. The van der Waals surface area contributed by atoms with Gasteiger partial charge in [0.15, 0.2) is 5.69 Å². The number of nitrogens with one attached hydrogen (secondary N) is 2. The molecule has 0 radical (unpaired) electrons. The maximum absolute atomic E-state index is 13.0. The molecule has 0 spiro atoms. The number of anilines is 1. The molecule has 0 atom stereocenters. The normalized spacial score (nSPS) is 10.8. The van der Waals surface area contributed by atoms with Crippen LogP contribution in [-0.4, -0.2) is 61.3 Å². The van der Waals surface area contributed by atoms with Gasteiger partial charge in [0.1, 0.15) is 6.26 Å². The van der Waals surface area contributed by atoms with Crippen LogP contribution >= 0.6 is 0 Å². The number of amides is 3. The SMILES string of the molecule is CCOCCCNC(=O)c1coc(CN(CCCOCC)C(=O)Nc2ccc(C)c(C)c2)n1. The van der Waals surface area contributed by atoms with E-state index in [0.29, 0.717) is 51.8 Å². The van der Waals surface area contributed by atoms with Gasteiger partial charge in [0.2, 0.25) is 5.89 Å². The van der Waals surface area contributed by atoms with Gasteiger partial charge in [-0.25, -0.2) is 9.78 Å². The number of nitrogens with zero attached hydrogens (tertiary/aromatic N) is 2. The summed E-state index contributed by atoms with van der Waals surface area (Å²) in [7, 11) is 0. The molecular formula is C24H36N4O5. The predicted molar refractivity (Wildman–Crippen MR) is 126 cm³/mol. The Hall–Kier alpha value is -2.91. The molecule has 0 bridgehead atoms. The van der Waals surface area contributed by atoms with E-state index in [2.05, 4.69) is 15.6 Å². The summed E-state index contributed by atoms with van der Waals surface area (Å²) in [4.78, 5) is 31.1. The zero-order valence-electron chi connectivity index (χ0n) is 20.1. The van der Waals surface area contributed by atoms with Crippen LogP contribution < -0.4 is 10.6 Å². The Kier molecular flexibility index (Phi) is 11.4. The lowest BCUT2D eigenvalue weighted by Gasteiger charge is -2.22. The highest BCUT2D eigenvalue weighted by atomic mass is 16.5. The second-order valence-electron chi connectivity index (χ2n) is 7.63. The number of carbonyl (C=O) groups excluding carboxylic acids is 2. The Balaban J connectivity index is 1.98. The zero-order valence-corrected chi connectivity index (χ0v) is 20.1. The van der Waals surface area contributed by atoms with Crippen molar-refractivity contribution in [3.05, 3.63) is 47.2 Å².